The Morgan fingerprint density at radius 3 is 2.31 bits per heavy atom. The first kappa shape index (κ1) is 18.5. The lowest BCUT2D eigenvalue weighted by atomic mass is 10.0. The molecule has 8 nitrogen and oxygen atoms in total. The minimum Gasteiger partial charge on any atom is -0.331 e. The van der Waals surface area contributed by atoms with Gasteiger partial charge in [0.1, 0.15) is 0 Å². The summed E-state index contributed by atoms with van der Waals surface area (Å²) in [6, 6.07) is 5.75. The van der Waals surface area contributed by atoms with Crippen molar-refractivity contribution in [1.82, 2.24) is 14.7 Å². The molecule has 3 amide bonds. The highest BCUT2D eigenvalue weighted by Crippen LogP contribution is 2.44. The number of non-ortho nitro benzene ring substituents is 1. The Bertz CT molecular complexity index is 714. The van der Waals surface area contributed by atoms with Crippen molar-refractivity contribution in [3.8, 4) is 0 Å². The Balaban J connectivity index is 1.73. The number of nitro benzene ring substituents is 1. The van der Waals surface area contributed by atoms with Crippen molar-refractivity contribution in [2.45, 2.75) is 17.7 Å². The number of urea groups is 1. The zero-order valence-corrected chi connectivity index (χ0v) is 15.7. The Kier molecular flexibility index (Phi) is 5.08. The van der Waals surface area contributed by atoms with Gasteiger partial charge in [-0.3, -0.25) is 14.9 Å². The van der Waals surface area contributed by atoms with Crippen molar-refractivity contribution in [2.75, 3.05) is 39.5 Å². The maximum Gasteiger partial charge on any atom is 0.319 e. The average Bonchev–Trinajstić information content (AvgIpc) is 3.04. The minimum atomic E-state index is -0.473. The molecule has 0 radical (unpaired) electrons. The molecule has 26 heavy (non-hydrogen) atoms. The van der Waals surface area contributed by atoms with Crippen molar-refractivity contribution < 1.29 is 14.5 Å². The third-order valence-electron chi connectivity index (χ3n) is 4.95. The van der Waals surface area contributed by atoms with E-state index in [1.807, 2.05) is 9.80 Å². The second-order valence-corrected chi connectivity index (χ2v) is 8.18. The Labute approximate surface area is 156 Å². The predicted molar refractivity (Wildman–Crippen MR) is 99.2 cm³/mol. The smallest absolute Gasteiger partial charge is 0.319 e. The Hall–Kier alpha value is -2.29. The van der Waals surface area contributed by atoms with E-state index in [2.05, 4.69) is 0 Å². The fourth-order valence-corrected chi connectivity index (χ4v) is 4.98. The van der Waals surface area contributed by atoms with E-state index in [1.54, 1.807) is 30.8 Å². The van der Waals surface area contributed by atoms with Crippen LogP contribution in [0.15, 0.2) is 24.3 Å². The van der Waals surface area contributed by atoms with Crippen LogP contribution in [0.5, 0.6) is 0 Å². The first-order valence-electron chi connectivity index (χ1n) is 8.51. The number of nitro groups is 1. The van der Waals surface area contributed by atoms with Gasteiger partial charge in [-0.2, -0.15) is 0 Å². The molecule has 0 atom stereocenters. The molecule has 3 rings (SSSR count). The summed E-state index contributed by atoms with van der Waals surface area (Å²) in [7, 11) is 3.48. The summed E-state index contributed by atoms with van der Waals surface area (Å²) < 4.78 is 0. The highest BCUT2D eigenvalue weighted by Gasteiger charge is 2.47. The molecule has 1 spiro atoms. The lowest BCUT2D eigenvalue weighted by Gasteiger charge is -2.44. The van der Waals surface area contributed by atoms with Crippen LogP contribution in [0, 0.1) is 10.1 Å². The van der Waals surface area contributed by atoms with Gasteiger partial charge >= 0.3 is 6.03 Å². The molecule has 2 aliphatic rings. The summed E-state index contributed by atoms with van der Waals surface area (Å²) in [6.45, 7) is 1.89. The van der Waals surface area contributed by atoms with Crippen LogP contribution >= 0.6 is 11.8 Å². The second-order valence-electron chi connectivity index (χ2n) is 6.72. The maximum atomic E-state index is 13.0. The first-order chi connectivity index (χ1) is 12.3. The molecule has 0 bridgehead atoms. The van der Waals surface area contributed by atoms with Gasteiger partial charge in [-0.25, -0.2) is 4.79 Å². The van der Waals surface area contributed by atoms with Gasteiger partial charge in [-0.05, 0) is 25.0 Å². The van der Waals surface area contributed by atoms with Gasteiger partial charge in [0.15, 0.2) is 0 Å². The van der Waals surface area contributed by atoms with Gasteiger partial charge in [-0.1, -0.05) is 0 Å². The van der Waals surface area contributed by atoms with E-state index in [4.69, 9.17) is 0 Å². The van der Waals surface area contributed by atoms with Gasteiger partial charge in [0.25, 0.3) is 11.6 Å². The fourth-order valence-electron chi connectivity index (χ4n) is 3.52. The molecule has 2 fully saturated rings. The average molecular weight is 378 g/mol. The zero-order chi connectivity index (χ0) is 18.9. The zero-order valence-electron chi connectivity index (χ0n) is 14.9. The molecule has 2 heterocycles. The molecule has 0 N–H and O–H groups in total. The van der Waals surface area contributed by atoms with Crippen molar-refractivity contribution >= 4 is 29.4 Å². The highest BCUT2D eigenvalue weighted by atomic mass is 32.2. The molecule has 1 aromatic rings. The monoisotopic (exact) mass is 378 g/mol. The summed E-state index contributed by atoms with van der Waals surface area (Å²) in [6.07, 6.45) is 1.46. The number of nitrogens with zero attached hydrogens (tertiary/aromatic N) is 4. The molecular weight excluding hydrogens is 356 g/mol. The molecule has 2 saturated heterocycles. The van der Waals surface area contributed by atoms with E-state index in [-0.39, 0.29) is 22.5 Å². The number of piperidine rings is 1. The van der Waals surface area contributed by atoms with Crippen molar-refractivity contribution in [3.05, 3.63) is 39.9 Å². The summed E-state index contributed by atoms with van der Waals surface area (Å²) >= 11 is 1.77. The third kappa shape index (κ3) is 3.35. The van der Waals surface area contributed by atoms with Crippen molar-refractivity contribution in [3.63, 3.8) is 0 Å². The van der Waals surface area contributed by atoms with Crippen LogP contribution in [0.2, 0.25) is 0 Å². The molecule has 1 aromatic carbocycles. The van der Waals surface area contributed by atoms with Crippen LogP contribution in [0.4, 0.5) is 10.5 Å². The largest absolute Gasteiger partial charge is 0.331 e. The standard InChI is InChI=1S/C17H22N4O4S/c1-18(2)16(23)19-9-7-17(8-10-19)20(11-12-26-17)15(22)13-3-5-14(6-4-13)21(24)25/h3-6H,7-12H2,1-2H3. The Morgan fingerprint density at radius 1 is 1.15 bits per heavy atom. The van der Waals surface area contributed by atoms with E-state index in [9.17, 15) is 19.7 Å². The summed E-state index contributed by atoms with van der Waals surface area (Å²) in [5, 5.41) is 10.8. The van der Waals surface area contributed by atoms with Gasteiger partial charge in [0.05, 0.1) is 9.79 Å². The predicted octanol–water partition coefficient (Wildman–Crippen LogP) is 2.26. The Morgan fingerprint density at radius 2 is 1.77 bits per heavy atom. The second kappa shape index (κ2) is 7.14. The summed E-state index contributed by atoms with van der Waals surface area (Å²) in [5.41, 5.74) is 0.437. The van der Waals surface area contributed by atoms with Crippen LogP contribution < -0.4 is 0 Å². The molecule has 9 heteroatoms. The SMILES string of the molecule is CN(C)C(=O)N1CCC2(CC1)SCCN2C(=O)c1ccc([N+](=O)[O-])cc1. The van der Waals surface area contributed by atoms with Crippen LogP contribution in [0.3, 0.4) is 0 Å². The lowest BCUT2D eigenvalue weighted by molar-refractivity contribution is -0.384. The number of thioether (sulfide) groups is 1. The van der Waals surface area contributed by atoms with Gasteiger partial charge in [-0.15, -0.1) is 11.8 Å². The van der Waals surface area contributed by atoms with Crippen molar-refractivity contribution in [2.24, 2.45) is 0 Å². The number of benzene rings is 1. The van der Waals surface area contributed by atoms with E-state index in [0.717, 1.165) is 18.6 Å². The lowest BCUT2D eigenvalue weighted by Crippen LogP contribution is -2.54. The van der Waals surface area contributed by atoms with Crippen molar-refractivity contribution in [1.29, 1.82) is 0 Å². The summed E-state index contributed by atoms with van der Waals surface area (Å²) in [5.74, 6) is 0.762. The van der Waals surface area contributed by atoms with Crippen LogP contribution in [-0.2, 0) is 0 Å². The molecule has 140 valence electrons. The molecule has 0 aliphatic carbocycles. The summed E-state index contributed by atoms with van der Waals surface area (Å²) in [4.78, 5) is 40.4. The number of amides is 3. The van der Waals surface area contributed by atoms with Crippen LogP contribution in [0.1, 0.15) is 23.2 Å². The topological polar surface area (TPSA) is 87.0 Å². The maximum absolute atomic E-state index is 13.0. The first-order valence-corrected chi connectivity index (χ1v) is 9.49. The number of carbonyl (C=O) groups is 2. The molecule has 0 unspecified atom stereocenters. The molecule has 0 saturated carbocycles. The van der Waals surface area contributed by atoms with Crippen LogP contribution in [-0.4, -0.2) is 75.9 Å². The number of carbonyl (C=O) groups excluding carboxylic acids is 2. The van der Waals surface area contributed by atoms with E-state index >= 15 is 0 Å². The number of rotatable bonds is 2. The normalized spacial score (nSPS) is 18.8. The molecular formula is C17H22N4O4S. The third-order valence-corrected chi connectivity index (χ3v) is 6.50. The number of hydrogen-bond acceptors (Lipinski definition) is 5. The van der Waals surface area contributed by atoms with E-state index in [0.29, 0.717) is 25.2 Å². The van der Waals surface area contributed by atoms with E-state index in [1.165, 1.54) is 24.3 Å². The minimum absolute atomic E-state index is 0.00362. The molecule has 0 aromatic heterocycles. The van der Waals surface area contributed by atoms with Gasteiger partial charge in [0, 0.05) is 57.2 Å². The number of likely N-dealkylation sites (tertiary alicyclic amines) is 1. The van der Waals surface area contributed by atoms with Gasteiger partial charge < -0.3 is 14.7 Å². The fraction of sp³-hybridized carbons (Fsp3) is 0.529. The number of hydrogen-bond donors (Lipinski definition) is 0. The molecule has 2 aliphatic heterocycles. The van der Waals surface area contributed by atoms with Crippen LogP contribution in [0.25, 0.3) is 0 Å². The highest BCUT2D eigenvalue weighted by molar-refractivity contribution is 8.00. The van der Waals surface area contributed by atoms with E-state index < -0.39 is 4.92 Å². The van der Waals surface area contributed by atoms with Gasteiger partial charge in [0.2, 0.25) is 0 Å². The quantitative estimate of drug-likeness (QED) is 0.582.